The smallest absolute Gasteiger partial charge is 0.255 e. The van der Waals surface area contributed by atoms with Gasteiger partial charge in [-0.05, 0) is 90.6 Å². The lowest BCUT2D eigenvalue weighted by Gasteiger charge is -2.29. The van der Waals surface area contributed by atoms with Crippen molar-refractivity contribution >= 4 is 23.7 Å². The third-order valence-corrected chi connectivity index (χ3v) is 9.95. The van der Waals surface area contributed by atoms with Crippen molar-refractivity contribution in [2.24, 2.45) is 0 Å². The Balaban J connectivity index is 0.983. The average molecular weight is 769 g/mol. The maximum absolute atomic E-state index is 12.7. The molecule has 0 radical (unpaired) electrons. The number of nitrogens with one attached hydrogen (secondary N) is 2. The molecule has 0 aliphatic carbocycles. The molecule has 11 heteroatoms. The van der Waals surface area contributed by atoms with Gasteiger partial charge < -0.3 is 49.6 Å². The van der Waals surface area contributed by atoms with Gasteiger partial charge in [0.1, 0.15) is 17.7 Å². The summed E-state index contributed by atoms with van der Waals surface area (Å²) < 4.78 is 28.9. The minimum absolute atomic E-state index is 0.122. The van der Waals surface area contributed by atoms with Gasteiger partial charge in [0.25, 0.3) is 5.91 Å². The molecule has 0 saturated heterocycles. The Hall–Kier alpha value is -5.23. The lowest BCUT2D eigenvalue weighted by Crippen LogP contribution is -2.38. The Morgan fingerprint density at radius 3 is 1.80 bits per heavy atom. The van der Waals surface area contributed by atoms with Crippen molar-refractivity contribution in [3.63, 3.8) is 0 Å². The van der Waals surface area contributed by atoms with E-state index >= 15 is 0 Å². The number of rotatable bonds is 22. The minimum Gasteiger partial charge on any atom is -0.496 e. The van der Waals surface area contributed by atoms with Crippen LogP contribution < -0.4 is 34.3 Å². The van der Waals surface area contributed by atoms with Crippen LogP contribution in [0.25, 0.3) is 12.2 Å². The van der Waals surface area contributed by atoms with Crippen LogP contribution in [-0.2, 0) is 19.8 Å². The van der Waals surface area contributed by atoms with Crippen molar-refractivity contribution in [1.29, 1.82) is 0 Å². The van der Waals surface area contributed by atoms with Crippen LogP contribution in [0.3, 0.4) is 0 Å². The molecule has 1 aliphatic rings. The molecule has 0 spiro atoms. The number of amides is 1. The number of aliphatic hydroxyl groups excluding tert-OH is 3. The second-order valence-corrected chi connectivity index (χ2v) is 13.9. The standard InChI is InChI=1S/C45H56N2O9/c1-30-13-17-38-36(21-30)45(51)47-44(46-38)33-16-18-39(35(26-33)28-49)55-19-11-9-7-5-6-8-10-12-20-56-43-41(53-3)24-32(25-42(43)54-4)15-14-31-22-34(27-48)37(29-50)40(23-31)52-2/h13-18,21-26,44,46,48-50H,5-12,19-20,27-29H2,1-4H3,(H,47,51). The average Bonchev–Trinajstić information content (AvgIpc) is 3.22. The number of unbranched alkanes of at least 4 members (excludes halogenated alkanes) is 7. The lowest BCUT2D eigenvalue weighted by molar-refractivity contribution is 0.0935. The molecule has 0 saturated carbocycles. The number of hydrogen-bond acceptors (Lipinski definition) is 10. The van der Waals surface area contributed by atoms with Crippen molar-refractivity contribution in [1.82, 2.24) is 5.32 Å². The van der Waals surface area contributed by atoms with E-state index in [-0.39, 0.29) is 31.9 Å². The Morgan fingerprint density at radius 2 is 1.20 bits per heavy atom. The van der Waals surface area contributed by atoms with E-state index < -0.39 is 0 Å². The Kier molecular flexibility index (Phi) is 15.9. The number of methoxy groups -OCH3 is 3. The summed E-state index contributed by atoms with van der Waals surface area (Å²) in [5.74, 6) is 2.80. The molecule has 0 aromatic heterocycles. The van der Waals surface area contributed by atoms with E-state index in [1.165, 1.54) is 7.11 Å². The van der Waals surface area contributed by atoms with E-state index in [1.807, 2.05) is 79.7 Å². The van der Waals surface area contributed by atoms with Gasteiger partial charge in [-0.15, -0.1) is 0 Å². The van der Waals surface area contributed by atoms with Crippen LogP contribution in [0.4, 0.5) is 5.69 Å². The molecule has 4 aromatic rings. The van der Waals surface area contributed by atoms with Gasteiger partial charge in [0.2, 0.25) is 5.75 Å². The zero-order chi connectivity index (χ0) is 39.9. The van der Waals surface area contributed by atoms with Gasteiger partial charge in [-0.3, -0.25) is 4.79 Å². The van der Waals surface area contributed by atoms with Gasteiger partial charge in [0.05, 0.1) is 59.9 Å². The molecule has 1 amide bonds. The molecule has 4 aromatic carbocycles. The summed E-state index contributed by atoms with van der Waals surface area (Å²) in [6, 6.07) is 18.9. The first-order valence-electron chi connectivity index (χ1n) is 19.3. The van der Waals surface area contributed by atoms with E-state index in [9.17, 15) is 20.1 Å². The van der Waals surface area contributed by atoms with Crippen LogP contribution in [0.2, 0.25) is 0 Å². The number of aliphatic hydroxyl groups is 3. The van der Waals surface area contributed by atoms with Gasteiger partial charge >= 0.3 is 0 Å². The fraction of sp³-hybridized carbons (Fsp3) is 0.400. The number of aryl methyl sites for hydroxylation is 1. The number of fused-ring (bicyclic) bond motifs is 1. The molecule has 1 aliphatic heterocycles. The predicted molar refractivity (Wildman–Crippen MR) is 219 cm³/mol. The summed E-state index contributed by atoms with van der Waals surface area (Å²) >= 11 is 0. The first-order chi connectivity index (χ1) is 27.3. The van der Waals surface area contributed by atoms with Crippen LogP contribution in [0.15, 0.2) is 60.7 Å². The zero-order valence-electron chi connectivity index (χ0n) is 33.0. The maximum atomic E-state index is 12.7. The number of carbonyl (C=O) groups is 1. The van der Waals surface area contributed by atoms with E-state index in [0.29, 0.717) is 64.2 Å². The number of benzene rings is 4. The lowest BCUT2D eigenvalue weighted by atomic mass is 10.0. The van der Waals surface area contributed by atoms with Gasteiger partial charge in [-0.25, -0.2) is 0 Å². The SMILES string of the molecule is COc1cc(C=Cc2cc(OC)c(OCCCCCCCCCCOc3ccc(C4NC(=O)c5cc(C)ccc5N4)cc3CO)c(OC)c2)cc(CO)c1CO. The van der Waals surface area contributed by atoms with Crippen molar-refractivity contribution in [2.45, 2.75) is 84.3 Å². The van der Waals surface area contributed by atoms with Crippen molar-refractivity contribution in [3.05, 3.63) is 105 Å². The highest BCUT2D eigenvalue weighted by molar-refractivity contribution is 6.01. The fourth-order valence-corrected chi connectivity index (χ4v) is 6.86. The van der Waals surface area contributed by atoms with E-state index in [1.54, 1.807) is 14.2 Å². The van der Waals surface area contributed by atoms with Crippen molar-refractivity contribution in [2.75, 3.05) is 39.9 Å². The number of anilines is 1. The summed E-state index contributed by atoms with van der Waals surface area (Å²) in [7, 11) is 4.75. The molecule has 300 valence electrons. The molecule has 5 rings (SSSR count). The largest absolute Gasteiger partial charge is 0.496 e. The van der Waals surface area contributed by atoms with Crippen molar-refractivity contribution in [3.8, 4) is 28.7 Å². The summed E-state index contributed by atoms with van der Waals surface area (Å²) in [5, 5.41) is 35.9. The molecule has 1 atom stereocenters. The van der Waals surface area contributed by atoms with Gasteiger partial charge in [-0.1, -0.05) is 68.4 Å². The van der Waals surface area contributed by atoms with Crippen LogP contribution in [-0.4, -0.2) is 55.8 Å². The molecule has 5 N–H and O–H groups in total. The Bertz CT molecular complexity index is 1890. The van der Waals surface area contributed by atoms with Crippen LogP contribution in [0.5, 0.6) is 28.7 Å². The summed E-state index contributed by atoms with van der Waals surface area (Å²) in [5.41, 5.74) is 6.86. The maximum Gasteiger partial charge on any atom is 0.255 e. The molecule has 56 heavy (non-hydrogen) atoms. The van der Waals surface area contributed by atoms with Gasteiger partial charge in [0.15, 0.2) is 11.5 Å². The highest BCUT2D eigenvalue weighted by atomic mass is 16.5. The molecule has 11 nitrogen and oxygen atoms in total. The Labute approximate surface area is 330 Å². The zero-order valence-corrected chi connectivity index (χ0v) is 33.0. The third-order valence-electron chi connectivity index (χ3n) is 9.95. The Morgan fingerprint density at radius 1 is 0.607 bits per heavy atom. The van der Waals surface area contributed by atoms with Crippen molar-refractivity contribution < 1.29 is 43.8 Å². The van der Waals surface area contributed by atoms with Crippen LogP contribution in [0.1, 0.15) is 107 Å². The quantitative estimate of drug-likeness (QED) is 0.0393. The van der Waals surface area contributed by atoms with E-state index in [4.69, 9.17) is 23.7 Å². The van der Waals surface area contributed by atoms with Crippen LogP contribution >= 0.6 is 0 Å². The molecule has 0 bridgehead atoms. The molecular weight excluding hydrogens is 713 g/mol. The van der Waals surface area contributed by atoms with Crippen LogP contribution in [0, 0.1) is 6.92 Å². The normalized spacial score (nSPS) is 13.6. The minimum atomic E-state index is -0.387. The molecular formula is C45H56N2O9. The van der Waals surface area contributed by atoms with E-state index in [0.717, 1.165) is 79.3 Å². The molecule has 0 fully saturated rings. The van der Waals surface area contributed by atoms with E-state index in [2.05, 4.69) is 10.6 Å². The highest BCUT2D eigenvalue weighted by Gasteiger charge is 2.25. The third kappa shape index (κ3) is 11.0. The number of carbonyl (C=O) groups excluding carboxylic acids is 1. The predicted octanol–water partition coefficient (Wildman–Crippen LogP) is 8.10. The highest BCUT2D eigenvalue weighted by Crippen LogP contribution is 2.39. The monoisotopic (exact) mass is 768 g/mol. The van der Waals surface area contributed by atoms with Gasteiger partial charge in [-0.2, -0.15) is 0 Å². The summed E-state index contributed by atoms with van der Waals surface area (Å²) in [6.07, 6.45) is 12.0. The summed E-state index contributed by atoms with van der Waals surface area (Å²) in [4.78, 5) is 12.7. The molecule has 1 unspecified atom stereocenters. The number of ether oxygens (including phenoxy) is 5. The van der Waals surface area contributed by atoms with Gasteiger partial charge in [0, 0.05) is 16.8 Å². The summed E-state index contributed by atoms with van der Waals surface area (Å²) in [6.45, 7) is 2.52. The fourth-order valence-electron chi connectivity index (χ4n) is 6.86. The second kappa shape index (κ2) is 21.2. The first-order valence-corrected chi connectivity index (χ1v) is 19.3. The second-order valence-electron chi connectivity index (χ2n) is 13.9. The topological polar surface area (TPSA) is 148 Å². The number of hydrogen-bond donors (Lipinski definition) is 5. The first kappa shape index (κ1) is 41.9. The molecule has 1 heterocycles.